The molecule has 0 radical (unpaired) electrons. The highest BCUT2D eigenvalue weighted by molar-refractivity contribution is 5.85. The standard InChI is InChI=1S/C15H17F2NO4.ClH/c1-2-22-13(19)15(20,21)12-11-6-14(11,7-18-12)8-3-9(16)5-10(17)4-8;/h3-5,11-12,18,20-21H,2,6-7H2,1H3;1H/t11-,12?,14+;/m0./s1. The molecule has 0 aromatic heterocycles. The van der Waals surface area contributed by atoms with E-state index in [2.05, 4.69) is 10.1 Å². The number of benzene rings is 1. The molecule has 1 aromatic carbocycles. The molecule has 1 heterocycles. The van der Waals surface area contributed by atoms with Gasteiger partial charge >= 0.3 is 5.97 Å². The van der Waals surface area contributed by atoms with Crippen LogP contribution in [0.4, 0.5) is 8.78 Å². The molecule has 0 bridgehead atoms. The molecule has 5 nitrogen and oxygen atoms in total. The summed E-state index contributed by atoms with van der Waals surface area (Å²) in [6.45, 7) is 1.90. The van der Waals surface area contributed by atoms with E-state index < -0.39 is 34.8 Å². The smallest absolute Gasteiger partial charge is 0.368 e. The third-order valence-electron chi connectivity index (χ3n) is 4.62. The Labute approximate surface area is 138 Å². The van der Waals surface area contributed by atoms with E-state index in [0.717, 1.165) is 6.07 Å². The largest absolute Gasteiger partial charge is 0.462 e. The lowest BCUT2D eigenvalue weighted by molar-refractivity contribution is -0.219. The van der Waals surface area contributed by atoms with Crippen LogP contribution in [0.25, 0.3) is 0 Å². The average molecular weight is 350 g/mol. The minimum absolute atomic E-state index is 0. The number of aliphatic hydroxyl groups is 2. The molecule has 128 valence electrons. The fraction of sp³-hybridized carbons (Fsp3) is 0.533. The van der Waals surface area contributed by atoms with Gasteiger partial charge in [0.25, 0.3) is 5.79 Å². The maximum Gasteiger partial charge on any atom is 0.368 e. The monoisotopic (exact) mass is 349 g/mol. The summed E-state index contributed by atoms with van der Waals surface area (Å²) in [6.07, 6.45) is 0.524. The van der Waals surface area contributed by atoms with Crippen LogP contribution in [0.1, 0.15) is 18.9 Å². The number of rotatable bonds is 4. The fourth-order valence-electron chi connectivity index (χ4n) is 3.47. The second-order valence-corrected chi connectivity index (χ2v) is 5.93. The zero-order valence-corrected chi connectivity index (χ0v) is 13.2. The summed E-state index contributed by atoms with van der Waals surface area (Å²) >= 11 is 0. The molecule has 0 amide bonds. The van der Waals surface area contributed by atoms with Crippen molar-refractivity contribution >= 4 is 18.4 Å². The number of carbonyl (C=O) groups excluding carboxylic acids is 1. The van der Waals surface area contributed by atoms with Crippen molar-refractivity contribution in [2.45, 2.75) is 30.6 Å². The van der Waals surface area contributed by atoms with Gasteiger partial charge in [0.05, 0.1) is 12.6 Å². The van der Waals surface area contributed by atoms with Crippen LogP contribution in [-0.4, -0.2) is 41.2 Å². The highest BCUT2D eigenvalue weighted by Crippen LogP contribution is 2.60. The number of fused-ring (bicyclic) bond motifs is 1. The Bertz CT molecular complexity index is 607. The van der Waals surface area contributed by atoms with E-state index in [0.29, 0.717) is 18.5 Å². The third kappa shape index (κ3) is 2.82. The van der Waals surface area contributed by atoms with Gasteiger partial charge in [0, 0.05) is 18.0 Å². The Kier molecular flexibility index (Phi) is 4.69. The number of carbonyl (C=O) groups is 1. The predicted molar refractivity (Wildman–Crippen MR) is 79.0 cm³/mol. The molecule has 1 aromatic rings. The summed E-state index contributed by atoms with van der Waals surface area (Å²) in [5.74, 6) is -5.44. The van der Waals surface area contributed by atoms with Gasteiger partial charge in [-0.25, -0.2) is 13.6 Å². The Morgan fingerprint density at radius 1 is 1.39 bits per heavy atom. The number of esters is 1. The zero-order valence-electron chi connectivity index (χ0n) is 12.4. The highest BCUT2D eigenvalue weighted by atomic mass is 35.5. The first-order valence-electron chi connectivity index (χ1n) is 7.13. The fourth-order valence-corrected chi connectivity index (χ4v) is 3.47. The van der Waals surface area contributed by atoms with Crippen molar-refractivity contribution in [3.8, 4) is 0 Å². The number of hydrogen-bond acceptors (Lipinski definition) is 5. The Hall–Kier alpha value is -1.28. The summed E-state index contributed by atoms with van der Waals surface area (Å²) in [5.41, 5.74) is -0.110. The van der Waals surface area contributed by atoms with Gasteiger partial charge in [-0.1, -0.05) is 0 Å². The van der Waals surface area contributed by atoms with Crippen molar-refractivity contribution < 1.29 is 28.5 Å². The number of piperidine rings is 1. The molecule has 1 aliphatic heterocycles. The summed E-state index contributed by atoms with van der Waals surface area (Å²) in [4.78, 5) is 11.7. The Morgan fingerprint density at radius 2 is 2.00 bits per heavy atom. The van der Waals surface area contributed by atoms with Gasteiger partial charge in [0.1, 0.15) is 11.6 Å². The van der Waals surface area contributed by atoms with E-state index in [1.54, 1.807) is 6.92 Å². The number of halogens is 3. The topological polar surface area (TPSA) is 78.8 Å². The summed E-state index contributed by atoms with van der Waals surface area (Å²) in [6, 6.07) is 2.35. The Morgan fingerprint density at radius 3 is 2.52 bits per heavy atom. The van der Waals surface area contributed by atoms with E-state index in [-0.39, 0.29) is 24.9 Å². The van der Waals surface area contributed by atoms with Crippen LogP contribution in [0.2, 0.25) is 0 Å². The van der Waals surface area contributed by atoms with E-state index in [4.69, 9.17) is 0 Å². The first-order valence-corrected chi connectivity index (χ1v) is 7.13. The predicted octanol–water partition coefficient (Wildman–Crippen LogP) is 0.860. The minimum atomic E-state index is -2.66. The van der Waals surface area contributed by atoms with Gasteiger partial charge < -0.3 is 20.3 Å². The van der Waals surface area contributed by atoms with E-state index >= 15 is 0 Å². The van der Waals surface area contributed by atoms with Crippen molar-refractivity contribution in [3.05, 3.63) is 35.4 Å². The van der Waals surface area contributed by atoms with Gasteiger partial charge in [0.15, 0.2) is 0 Å². The van der Waals surface area contributed by atoms with Crippen molar-refractivity contribution in [1.29, 1.82) is 0 Å². The van der Waals surface area contributed by atoms with Gasteiger partial charge in [-0.05, 0) is 37.0 Å². The quantitative estimate of drug-likeness (QED) is 0.555. The van der Waals surface area contributed by atoms with Crippen LogP contribution in [0.3, 0.4) is 0 Å². The number of ether oxygens (including phenoxy) is 1. The molecule has 23 heavy (non-hydrogen) atoms. The van der Waals surface area contributed by atoms with Gasteiger partial charge in [-0.15, -0.1) is 12.4 Å². The molecule has 3 atom stereocenters. The molecule has 3 rings (SSSR count). The van der Waals surface area contributed by atoms with Gasteiger partial charge in [-0.3, -0.25) is 0 Å². The van der Waals surface area contributed by atoms with Crippen LogP contribution in [0.15, 0.2) is 18.2 Å². The van der Waals surface area contributed by atoms with Crippen LogP contribution < -0.4 is 5.32 Å². The molecule has 2 fully saturated rings. The minimum Gasteiger partial charge on any atom is -0.462 e. The summed E-state index contributed by atoms with van der Waals surface area (Å²) < 4.78 is 31.5. The van der Waals surface area contributed by atoms with Gasteiger partial charge in [0.2, 0.25) is 0 Å². The van der Waals surface area contributed by atoms with Crippen molar-refractivity contribution in [2.75, 3.05) is 13.2 Å². The molecular formula is C15H18ClF2NO4. The second-order valence-electron chi connectivity index (χ2n) is 5.93. The van der Waals surface area contributed by atoms with E-state index in [9.17, 15) is 23.8 Å². The highest BCUT2D eigenvalue weighted by Gasteiger charge is 2.68. The molecule has 1 saturated heterocycles. The number of nitrogens with one attached hydrogen (secondary N) is 1. The first kappa shape index (κ1) is 18.1. The summed E-state index contributed by atoms with van der Waals surface area (Å²) in [7, 11) is 0. The van der Waals surface area contributed by atoms with Crippen molar-refractivity contribution in [2.24, 2.45) is 5.92 Å². The average Bonchev–Trinajstić information content (AvgIpc) is 3.03. The third-order valence-corrected chi connectivity index (χ3v) is 4.62. The molecular weight excluding hydrogens is 332 g/mol. The first-order chi connectivity index (χ1) is 10.3. The lowest BCUT2D eigenvalue weighted by atomic mass is 9.92. The molecule has 0 spiro atoms. The zero-order chi connectivity index (χ0) is 16.1. The maximum absolute atomic E-state index is 13.4. The normalized spacial score (nSPS) is 28.7. The molecule has 2 aliphatic rings. The molecule has 1 aliphatic carbocycles. The molecule has 1 unspecified atom stereocenters. The van der Waals surface area contributed by atoms with Crippen LogP contribution >= 0.6 is 12.4 Å². The van der Waals surface area contributed by atoms with Crippen LogP contribution in [0, 0.1) is 17.6 Å². The molecule has 8 heteroatoms. The number of hydrogen-bond donors (Lipinski definition) is 3. The van der Waals surface area contributed by atoms with E-state index in [1.165, 1.54) is 12.1 Å². The Balaban J connectivity index is 0.00000192. The SMILES string of the molecule is CCOC(=O)C(O)(O)C1NC[C@@]2(c3cc(F)cc(F)c3)C[C@@H]12.Cl. The van der Waals surface area contributed by atoms with Crippen molar-refractivity contribution in [1.82, 2.24) is 5.32 Å². The second kappa shape index (κ2) is 5.98. The lowest BCUT2D eigenvalue weighted by Gasteiger charge is -2.27. The summed E-state index contributed by atoms with van der Waals surface area (Å²) in [5, 5.41) is 23.0. The molecule has 3 N–H and O–H groups in total. The van der Waals surface area contributed by atoms with Crippen LogP contribution in [-0.2, 0) is 14.9 Å². The van der Waals surface area contributed by atoms with Crippen molar-refractivity contribution in [3.63, 3.8) is 0 Å². The maximum atomic E-state index is 13.4. The van der Waals surface area contributed by atoms with E-state index in [1.807, 2.05) is 0 Å². The molecule has 1 saturated carbocycles. The van der Waals surface area contributed by atoms with Crippen LogP contribution in [0.5, 0.6) is 0 Å². The van der Waals surface area contributed by atoms with Gasteiger partial charge in [-0.2, -0.15) is 0 Å². The lowest BCUT2D eigenvalue weighted by Crippen LogP contribution is -2.56.